The lowest BCUT2D eigenvalue weighted by molar-refractivity contribution is 0.103. The lowest BCUT2D eigenvalue weighted by atomic mass is 10.2. The normalized spacial score (nSPS) is 11.1. The molecule has 0 saturated heterocycles. The van der Waals surface area contributed by atoms with E-state index in [1.807, 2.05) is 60.1 Å². The highest BCUT2D eigenvalue weighted by Gasteiger charge is 2.17. The predicted molar refractivity (Wildman–Crippen MR) is 115 cm³/mol. The van der Waals surface area contributed by atoms with E-state index in [0.717, 1.165) is 21.6 Å². The Morgan fingerprint density at radius 1 is 1.10 bits per heavy atom. The monoisotopic (exact) mass is 415 g/mol. The molecule has 0 aliphatic carbocycles. The largest absolute Gasteiger partial charge is 0.321 e. The molecule has 1 N–H and O–H groups in total. The summed E-state index contributed by atoms with van der Waals surface area (Å²) < 4.78 is 3.50. The van der Waals surface area contributed by atoms with Gasteiger partial charge >= 0.3 is 0 Å². The van der Waals surface area contributed by atoms with Crippen LogP contribution in [-0.2, 0) is 6.54 Å². The zero-order valence-corrected chi connectivity index (χ0v) is 16.9. The van der Waals surface area contributed by atoms with Crippen LogP contribution in [0.3, 0.4) is 0 Å². The third-order valence-electron chi connectivity index (χ3n) is 4.72. The minimum absolute atomic E-state index is 0.157. The van der Waals surface area contributed by atoms with Crippen molar-refractivity contribution < 1.29 is 4.79 Å². The van der Waals surface area contributed by atoms with Crippen LogP contribution in [0.5, 0.6) is 0 Å². The van der Waals surface area contributed by atoms with Crippen molar-refractivity contribution in [2.45, 2.75) is 13.5 Å². The van der Waals surface area contributed by atoms with Gasteiger partial charge < -0.3 is 5.32 Å². The topological polar surface area (TPSA) is 90.5 Å². The Labute approximate surface area is 175 Å². The van der Waals surface area contributed by atoms with Gasteiger partial charge in [-0.3, -0.25) is 9.48 Å². The number of thiophene rings is 1. The van der Waals surface area contributed by atoms with Crippen LogP contribution in [0, 0.1) is 6.92 Å². The van der Waals surface area contributed by atoms with E-state index in [-0.39, 0.29) is 5.91 Å². The molecule has 9 heteroatoms. The zero-order valence-electron chi connectivity index (χ0n) is 16.1. The first-order valence-corrected chi connectivity index (χ1v) is 10.1. The standard InChI is InChI=1S/C21H17N7OS/c1-14-18-11-19(30-21(18)27(24-14)12-15-6-3-2-4-7-15)20(29)23-16-8-5-9-17(10-16)28-13-22-25-26-28/h2-11,13H,12H2,1H3,(H,23,29). The maximum absolute atomic E-state index is 12.9. The van der Waals surface area contributed by atoms with Crippen LogP contribution >= 0.6 is 11.3 Å². The number of rotatable bonds is 5. The second-order valence-electron chi connectivity index (χ2n) is 6.82. The van der Waals surface area contributed by atoms with Gasteiger partial charge in [0.2, 0.25) is 0 Å². The van der Waals surface area contributed by atoms with Gasteiger partial charge in [-0.05, 0) is 47.2 Å². The molecule has 0 saturated carbocycles. The predicted octanol–water partition coefficient (Wildman–Crippen LogP) is 3.68. The number of benzene rings is 2. The molecule has 0 radical (unpaired) electrons. The van der Waals surface area contributed by atoms with E-state index < -0.39 is 0 Å². The Bertz CT molecular complexity index is 1320. The van der Waals surface area contributed by atoms with Crippen LogP contribution in [0.4, 0.5) is 5.69 Å². The van der Waals surface area contributed by atoms with Crippen molar-refractivity contribution in [1.82, 2.24) is 30.0 Å². The van der Waals surface area contributed by atoms with Crippen molar-refractivity contribution in [3.8, 4) is 5.69 Å². The number of hydrogen-bond donors (Lipinski definition) is 1. The van der Waals surface area contributed by atoms with Gasteiger partial charge in [0.15, 0.2) is 0 Å². The van der Waals surface area contributed by atoms with Crippen molar-refractivity contribution in [2.75, 3.05) is 5.32 Å². The summed E-state index contributed by atoms with van der Waals surface area (Å²) in [6, 6.07) is 19.4. The van der Waals surface area contributed by atoms with E-state index >= 15 is 0 Å². The van der Waals surface area contributed by atoms with Crippen LogP contribution in [0.15, 0.2) is 67.0 Å². The van der Waals surface area contributed by atoms with E-state index in [0.29, 0.717) is 17.1 Å². The fourth-order valence-corrected chi connectivity index (χ4v) is 4.34. The summed E-state index contributed by atoms with van der Waals surface area (Å²) in [5.41, 5.74) is 3.52. The highest BCUT2D eigenvalue weighted by molar-refractivity contribution is 7.20. The molecule has 0 atom stereocenters. The van der Waals surface area contributed by atoms with E-state index in [1.165, 1.54) is 27.9 Å². The van der Waals surface area contributed by atoms with Gasteiger partial charge in [0, 0.05) is 11.1 Å². The molecule has 0 bridgehead atoms. The molecule has 5 rings (SSSR count). The Balaban J connectivity index is 1.40. The van der Waals surface area contributed by atoms with E-state index in [9.17, 15) is 4.79 Å². The average molecular weight is 415 g/mol. The summed E-state index contributed by atoms with van der Waals surface area (Å²) in [4.78, 5) is 14.5. The van der Waals surface area contributed by atoms with E-state index in [2.05, 4.69) is 38.1 Å². The van der Waals surface area contributed by atoms with Crippen molar-refractivity contribution in [3.05, 3.63) is 83.1 Å². The van der Waals surface area contributed by atoms with Gasteiger partial charge in [-0.2, -0.15) is 5.10 Å². The van der Waals surface area contributed by atoms with Crippen molar-refractivity contribution >= 4 is 33.1 Å². The van der Waals surface area contributed by atoms with Gasteiger partial charge in [0.1, 0.15) is 11.2 Å². The molecular formula is C21H17N7OS. The first-order chi connectivity index (χ1) is 14.7. The number of tetrazole rings is 1. The molecule has 3 aromatic heterocycles. The smallest absolute Gasteiger partial charge is 0.265 e. The summed E-state index contributed by atoms with van der Waals surface area (Å²) in [6.07, 6.45) is 1.51. The van der Waals surface area contributed by atoms with Crippen molar-refractivity contribution in [2.24, 2.45) is 0 Å². The van der Waals surface area contributed by atoms with Crippen LogP contribution < -0.4 is 5.32 Å². The molecule has 0 aliphatic rings. The van der Waals surface area contributed by atoms with Gasteiger partial charge in [0.05, 0.1) is 22.8 Å². The molecule has 3 heterocycles. The number of anilines is 1. The average Bonchev–Trinajstić information content (AvgIpc) is 3.49. The Morgan fingerprint density at radius 2 is 1.97 bits per heavy atom. The van der Waals surface area contributed by atoms with Gasteiger partial charge in [-0.1, -0.05) is 36.4 Å². The Morgan fingerprint density at radius 3 is 2.77 bits per heavy atom. The van der Waals surface area contributed by atoms with Crippen LogP contribution in [-0.4, -0.2) is 35.9 Å². The maximum atomic E-state index is 12.9. The Kier molecular flexibility index (Phi) is 4.56. The van der Waals surface area contributed by atoms with Crippen LogP contribution in [0.1, 0.15) is 20.9 Å². The van der Waals surface area contributed by atoms with Gasteiger partial charge in [-0.15, -0.1) is 16.4 Å². The number of carbonyl (C=O) groups is 1. The lowest BCUT2D eigenvalue weighted by Crippen LogP contribution is -2.10. The zero-order chi connectivity index (χ0) is 20.5. The second kappa shape index (κ2) is 7.53. The van der Waals surface area contributed by atoms with E-state index in [4.69, 9.17) is 0 Å². The molecule has 1 amide bonds. The molecule has 0 unspecified atom stereocenters. The fraction of sp³-hybridized carbons (Fsp3) is 0.0952. The fourth-order valence-electron chi connectivity index (χ4n) is 3.29. The number of fused-ring (bicyclic) bond motifs is 1. The number of hydrogen-bond acceptors (Lipinski definition) is 6. The number of aromatic nitrogens is 6. The molecule has 148 valence electrons. The summed E-state index contributed by atoms with van der Waals surface area (Å²) in [5.74, 6) is -0.157. The molecular weight excluding hydrogens is 398 g/mol. The van der Waals surface area contributed by atoms with Gasteiger partial charge in [-0.25, -0.2) is 4.68 Å². The lowest BCUT2D eigenvalue weighted by Gasteiger charge is -2.06. The SMILES string of the molecule is Cc1nn(Cc2ccccc2)c2sc(C(=O)Nc3cccc(-n4cnnn4)c3)cc12. The highest BCUT2D eigenvalue weighted by atomic mass is 32.1. The molecule has 2 aromatic carbocycles. The molecule has 30 heavy (non-hydrogen) atoms. The summed E-state index contributed by atoms with van der Waals surface area (Å²) in [6.45, 7) is 2.63. The van der Waals surface area contributed by atoms with Crippen LogP contribution in [0.25, 0.3) is 15.9 Å². The quantitative estimate of drug-likeness (QED) is 0.473. The molecule has 0 fully saturated rings. The minimum atomic E-state index is -0.157. The first kappa shape index (κ1) is 18.2. The number of nitrogens with zero attached hydrogens (tertiary/aromatic N) is 6. The number of amides is 1. The highest BCUT2D eigenvalue weighted by Crippen LogP contribution is 2.29. The van der Waals surface area contributed by atoms with E-state index in [1.54, 1.807) is 0 Å². The van der Waals surface area contributed by atoms with Crippen LogP contribution in [0.2, 0.25) is 0 Å². The molecule has 8 nitrogen and oxygen atoms in total. The number of aryl methyl sites for hydroxylation is 1. The molecule has 0 aliphatic heterocycles. The molecule has 0 spiro atoms. The minimum Gasteiger partial charge on any atom is -0.321 e. The number of nitrogens with one attached hydrogen (secondary N) is 1. The summed E-state index contributed by atoms with van der Waals surface area (Å²) in [7, 11) is 0. The Hall–Kier alpha value is -3.85. The molecule has 5 aromatic rings. The van der Waals surface area contributed by atoms with Gasteiger partial charge in [0.25, 0.3) is 5.91 Å². The summed E-state index contributed by atoms with van der Waals surface area (Å²) in [5, 5.41) is 19.8. The van der Waals surface area contributed by atoms with Crippen molar-refractivity contribution in [3.63, 3.8) is 0 Å². The second-order valence-corrected chi connectivity index (χ2v) is 7.85. The maximum Gasteiger partial charge on any atom is 0.265 e. The summed E-state index contributed by atoms with van der Waals surface area (Å²) >= 11 is 1.44. The van der Waals surface area contributed by atoms with Crippen molar-refractivity contribution in [1.29, 1.82) is 0 Å². The third-order valence-corrected chi connectivity index (χ3v) is 5.87. The third kappa shape index (κ3) is 3.46. The first-order valence-electron chi connectivity index (χ1n) is 9.33. The number of carbonyl (C=O) groups excluding carboxylic acids is 1.